The van der Waals surface area contributed by atoms with Crippen molar-refractivity contribution in [3.63, 3.8) is 0 Å². The minimum atomic E-state index is -0.178. The summed E-state index contributed by atoms with van der Waals surface area (Å²) >= 11 is 0. The first-order chi connectivity index (χ1) is 19.4. The van der Waals surface area contributed by atoms with E-state index in [1.54, 1.807) is 33.3 Å². The predicted octanol–water partition coefficient (Wildman–Crippen LogP) is 4.71. The van der Waals surface area contributed by atoms with Crippen LogP contribution >= 0.6 is 0 Å². The highest BCUT2D eigenvalue weighted by Crippen LogP contribution is 2.49. The number of methoxy groups -OCH3 is 4. The van der Waals surface area contributed by atoms with E-state index in [1.165, 1.54) is 0 Å². The molecule has 0 aromatic heterocycles. The first-order valence-electron chi connectivity index (χ1n) is 13.0. The van der Waals surface area contributed by atoms with Crippen LogP contribution in [0.4, 0.5) is 0 Å². The molecular weight excluding hydrogens is 512 g/mol. The molecule has 5 rings (SSSR count). The fourth-order valence-corrected chi connectivity index (χ4v) is 5.09. The Labute approximate surface area is 234 Å². The number of rotatable bonds is 10. The van der Waals surface area contributed by atoms with E-state index >= 15 is 0 Å². The third-order valence-corrected chi connectivity index (χ3v) is 7.13. The molecule has 0 bridgehead atoms. The molecule has 0 saturated carbocycles. The molecule has 3 aromatic carbocycles. The molecular formula is C31H34N2O7. The molecule has 0 unspecified atom stereocenters. The molecule has 2 heterocycles. The normalized spacial score (nSPS) is 14.6. The average molecular weight is 547 g/mol. The summed E-state index contributed by atoms with van der Waals surface area (Å²) in [7, 11) is 10.4. The zero-order chi connectivity index (χ0) is 28.4. The van der Waals surface area contributed by atoms with Gasteiger partial charge in [0.15, 0.2) is 23.0 Å². The van der Waals surface area contributed by atoms with Crippen LogP contribution in [0.15, 0.2) is 42.5 Å². The second kappa shape index (κ2) is 11.4. The van der Waals surface area contributed by atoms with E-state index in [-0.39, 0.29) is 12.7 Å². The number of nitrogens with zero attached hydrogens (tertiary/aromatic N) is 2. The van der Waals surface area contributed by atoms with Crippen LogP contribution in [-0.4, -0.2) is 71.6 Å². The Morgan fingerprint density at radius 3 is 2.33 bits per heavy atom. The van der Waals surface area contributed by atoms with Crippen LogP contribution < -0.4 is 28.4 Å². The quantitative estimate of drug-likeness (QED) is 0.362. The Hall–Kier alpha value is -4.37. The lowest BCUT2D eigenvalue weighted by Gasteiger charge is -2.21. The molecule has 0 saturated heterocycles. The van der Waals surface area contributed by atoms with Crippen molar-refractivity contribution in [2.24, 2.45) is 0 Å². The maximum atomic E-state index is 14.1. The summed E-state index contributed by atoms with van der Waals surface area (Å²) in [5, 5.41) is 0. The minimum Gasteiger partial charge on any atom is -0.497 e. The fourth-order valence-electron chi connectivity index (χ4n) is 5.09. The lowest BCUT2D eigenvalue weighted by molar-refractivity contribution is 0.0840. The monoisotopic (exact) mass is 546 g/mol. The van der Waals surface area contributed by atoms with Crippen molar-refractivity contribution < 1.29 is 33.2 Å². The minimum absolute atomic E-state index is 0.126. The van der Waals surface area contributed by atoms with Gasteiger partial charge in [-0.05, 0) is 68.1 Å². The maximum absolute atomic E-state index is 14.1. The van der Waals surface area contributed by atoms with Gasteiger partial charge < -0.3 is 38.2 Å². The van der Waals surface area contributed by atoms with Gasteiger partial charge in [0.05, 0.1) is 46.2 Å². The molecule has 0 N–H and O–H groups in total. The van der Waals surface area contributed by atoms with Crippen molar-refractivity contribution >= 4 is 17.7 Å². The number of fused-ring (bicyclic) bond motifs is 2. The van der Waals surface area contributed by atoms with Gasteiger partial charge in [-0.15, -0.1) is 0 Å². The molecule has 210 valence electrons. The third kappa shape index (κ3) is 4.88. The molecule has 1 amide bonds. The maximum Gasteiger partial charge on any atom is 0.263 e. The van der Waals surface area contributed by atoms with Crippen LogP contribution in [-0.2, 0) is 13.0 Å². The number of ether oxygens (including phenoxy) is 6. The van der Waals surface area contributed by atoms with Crippen LogP contribution in [0.3, 0.4) is 0 Å². The molecule has 0 fully saturated rings. The Kier molecular flexibility index (Phi) is 7.75. The van der Waals surface area contributed by atoms with Gasteiger partial charge in [-0.1, -0.05) is 12.1 Å². The molecule has 2 aliphatic heterocycles. The molecule has 9 heteroatoms. The van der Waals surface area contributed by atoms with Crippen LogP contribution in [0, 0.1) is 0 Å². The predicted molar refractivity (Wildman–Crippen MR) is 152 cm³/mol. The van der Waals surface area contributed by atoms with Gasteiger partial charge in [-0.3, -0.25) is 4.79 Å². The first kappa shape index (κ1) is 27.2. The Morgan fingerprint density at radius 2 is 1.68 bits per heavy atom. The van der Waals surface area contributed by atoms with Crippen molar-refractivity contribution in [2.75, 3.05) is 55.9 Å². The second-order valence-electron chi connectivity index (χ2n) is 9.76. The van der Waals surface area contributed by atoms with E-state index in [4.69, 9.17) is 28.4 Å². The number of likely N-dealkylation sites (N-methyl/N-ethyl adjacent to an activating group) is 1. The molecule has 0 radical (unpaired) electrons. The smallest absolute Gasteiger partial charge is 0.263 e. The highest BCUT2D eigenvalue weighted by Gasteiger charge is 2.37. The van der Waals surface area contributed by atoms with Gasteiger partial charge in [0, 0.05) is 17.7 Å². The van der Waals surface area contributed by atoms with Crippen molar-refractivity contribution in [3.8, 4) is 34.5 Å². The summed E-state index contributed by atoms with van der Waals surface area (Å²) in [5.74, 6) is 3.24. The van der Waals surface area contributed by atoms with Crippen LogP contribution in [0.5, 0.6) is 34.5 Å². The summed E-state index contributed by atoms with van der Waals surface area (Å²) in [6, 6.07) is 13.4. The highest BCUT2D eigenvalue weighted by atomic mass is 16.7. The third-order valence-electron chi connectivity index (χ3n) is 7.13. The van der Waals surface area contributed by atoms with E-state index in [0.29, 0.717) is 40.9 Å². The molecule has 0 aliphatic carbocycles. The molecule has 3 aromatic rings. The summed E-state index contributed by atoms with van der Waals surface area (Å²) in [5.41, 5.74) is 4.72. The van der Waals surface area contributed by atoms with Crippen molar-refractivity contribution in [1.82, 2.24) is 9.80 Å². The zero-order valence-corrected chi connectivity index (χ0v) is 23.7. The number of benzene rings is 3. The van der Waals surface area contributed by atoms with E-state index in [2.05, 4.69) is 4.90 Å². The Morgan fingerprint density at radius 1 is 0.925 bits per heavy atom. The largest absolute Gasteiger partial charge is 0.497 e. The topological polar surface area (TPSA) is 78.9 Å². The molecule has 40 heavy (non-hydrogen) atoms. The fraction of sp³-hybridized carbons (Fsp3) is 0.323. The van der Waals surface area contributed by atoms with E-state index in [0.717, 1.165) is 46.7 Å². The number of hydrogen-bond donors (Lipinski definition) is 0. The number of carbonyl (C=O) groups is 1. The second-order valence-corrected chi connectivity index (χ2v) is 9.76. The Balaban J connectivity index is 1.71. The van der Waals surface area contributed by atoms with Crippen LogP contribution in [0.1, 0.15) is 32.6 Å². The molecule has 0 spiro atoms. The Bertz CT molecular complexity index is 1450. The van der Waals surface area contributed by atoms with E-state index in [1.807, 2.05) is 62.6 Å². The summed E-state index contributed by atoms with van der Waals surface area (Å²) in [6.45, 7) is 1.28. The average Bonchev–Trinajstić information content (AvgIpc) is 3.54. The standard InChI is InChI=1S/C31H34N2O7/c1-32(2)14-13-20-15-26-30(40-18-39-26)28(37-5)23(20)16-24-22-11-12-25(36-4)29(38-6)27(22)31(34)33(24)17-19-7-9-21(35-3)10-8-19/h7-12,15-16H,13-14,17-18H2,1-6H3/b24-16+. The molecule has 2 aliphatic rings. The summed E-state index contributed by atoms with van der Waals surface area (Å²) in [4.78, 5) is 17.9. The van der Waals surface area contributed by atoms with Crippen molar-refractivity contribution in [2.45, 2.75) is 13.0 Å². The van der Waals surface area contributed by atoms with E-state index < -0.39 is 0 Å². The van der Waals surface area contributed by atoms with E-state index in [9.17, 15) is 4.79 Å². The van der Waals surface area contributed by atoms with Gasteiger partial charge in [0.1, 0.15) is 5.75 Å². The van der Waals surface area contributed by atoms with Crippen LogP contribution in [0.25, 0.3) is 11.8 Å². The SMILES string of the molecule is COc1ccc(CN2C(=O)c3c(ccc(OC)c3OC)/C2=C\c2c(CCN(C)C)cc3c(c2OC)OCO3)cc1. The van der Waals surface area contributed by atoms with Gasteiger partial charge in [-0.25, -0.2) is 0 Å². The van der Waals surface area contributed by atoms with Gasteiger partial charge in [0.25, 0.3) is 5.91 Å². The highest BCUT2D eigenvalue weighted by molar-refractivity contribution is 6.14. The van der Waals surface area contributed by atoms with Gasteiger partial charge in [-0.2, -0.15) is 0 Å². The summed E-state index contributed by atoms with van der Waals surface area (Å²) in [6.07, 6.45) is 2.75. The number of carbonyl (C=O) groups excluding carboxylic acids is 1. The van der Waals surface area contributed by atoms with Gasteiger partial charge in [0.2, 0.25) is 12.5 Å². The van der Waals surface area contributed by atoms with Crippen LogP contribution in [0.2, 0.25) is 0 Å². The molecule has 0 atom stereocenters. The number of amides is 1. The van der Waals surface area contributed by atoms with Gasteiger partial charge >= 0.3 is 0 Å². The summed E-state index contributed by atoms with van der Waals surface area (Å²) < 4.78 is 33.9. The molecule has 9 nitrogen and oxygen atoms in total. The van der Waals surface area contributed by atoms with Crippen molar-refractivity contribution in [1.29, 1.82) is 0 Å². The lowest BCUT2D eigenvalue weighted by atomic mass is 9.98. The number of hydrogen-bond acceptors (Lipinski definition) is 8. The first-order valence-corrected chi connectivity index (χ1v) is 13.0. The van der Waals surface area contributed by atoms with Crippen molar-refractivity contribution in [3.05, 3.63) is 70.3 Å². The zero-order valence-electron chi connectivity index (χ0n) is 23.7. The lowest BCUT2D eigenvalue weighted by Crippen LogP contribution is -2.23.